The molecule has 0 unspecified atom stereocenters. The summed E-state index contributed by atoms with van der Waals surface area (Å²) in [5.74, 6) is -1.43. The maximum absolute atomic E-state index is 12.6. The van der Waals surface area contributed by atoms with Crippen molar-refractivity contribution in [3.8, 4) is 0 Å². The molecule has 0 bridgehead atoms. The van der Waals surface area contributed by atoms with Crippen LogP contribution in [0.15, 0.2) is 52.9 Å². The van der Waals surface area contributed by atoms with Crippen LogP contribution in [0.3, 0.4) is 0 Å². The first kappa shape index (κ1) is 21.1. The number of esters is 1. The highest BCUT2D eigenvalue weighted by Gasteiger charge is 2.25. The minimum atomic E-state index is -1.06. The number of benzene rings is 2. The number of carbonyl (C=O) groups excluding carboxylic acids is 3. The second kappa shape index (κ2) is 9.23. The van der Waals surface area contributed by atoms with E-state index in [9.17, 15) is 14.4 Å². The number of nitrogens with one attached hydrogen (secondary N) is 2. The van der Waals surface area contributed by atoms with Crippen LogP contribution < -0.4 is 10.6 Å². The quantitative estimate of drug-likeness (QED) is 0.575. The predicted molar refractivity (Wildman–Crippen MR) is 111 cm³/mol. The molecular weight excluding hydrogens is 388 g/mol. The number of para-hydroxylation sites is 1. The van der Waals surface area contributed by atoms with E-state index < -0.39 is 18.0 Å². The Hall–Kier alpha value is -3.65. The molecule has 156 valence electrons. The van der Waals surface area contributed by atoms with Crippen molar-refractivity contribution in [2.75, 3.05) is 17.7 Å². The Labute approximate surface area is 173 Å². The molecule has 0 fully saturated rings. The third-order valence-corrected chi connectivity index (χ3v) is 4.30. The highest BCUT2D eigenvalue weighted by Crippen LogP contribution is 2.27. The number of methoxy groups -OCH3 is 1. The summed E-state index contributed by atoms with van der Waals surface area (Å²) in [5.41, 5.74) is 2.21. The average molecular weight is 410 g/mol. The molecule has 0 aliphatic heterocycles. The smallest absolute Gasteiger partial charge is 0.375 e. The molecule has 8 nitrogen and oxygen atoms in total. The lowest BCUT2D eigenvalue weighted by Crippen LogP contribution is -2.30. The van der Waals surface area contributed by atoms with Crippen molar-refractivity contribution >= 4 is 40.1 Å². The van der Waals surface area contributed by atoms with E-state index in [2.05, 4.69) is 10.6 Å². The standard InChI is InChI=1S/C22H22N2O6/c1-13(21(26)24-16-10-8-15(9-11-16)23-14(2)25)29-22(27)20-18(12-28-3)17-6-4-5-7-19(17)30-20/h4-11,13H,12H2,1-3H3,(H,23,25)(H,24,26)/t13-/m0/s1. The van der Waals surface area contributed by atoms with Crippen LogP contribution in [0, 0.1) is 0 Å². The number of rotatable bonds is 7. The first-order valence-corrected chi connectivity index (χ1v) is 9.28. The van der Waals surface area contributed by atoms with Gasteiger partial charge in [-0.15, -0.1) is 0 Å². The van der Waals surface area contributed by atoms with Gasteiger partial charge in [-0.2, -0.15) is 0 Å². The van der Waals surface area contributed by atoms with Gasteiger partial charge < -0.3 is 24.5 Å². The molecule has 0 saturated carbocycles. The molecule has 30 heavy (non-hydrogen) atoms. The fourth-order valence-electron chi connectivity index (χ4n) is 2.90. The molecule has 1 atom stereocenters. The molecule has 3 rings (SSSR count). The molecule has 2 N–H and O–H groups in total. The summed E-state index contributed by atoms with van der Waals surface area (Å²) < 4.78 is 16.1. The second-order valence-corrected chi connectivity index (χ2v) is 6.63. The van der Waals surface area contributed by atoms with Gasteiger partial charge in [-0.3, -0.25) is 9.59 Å². The van der Waals surface area contributed by atoms with Crippen LogP contribution in [-0.2, 0) is 25.7 Å². The number of amides is 2. The van der Waals surface area contributed by atoms with Crippen LogP contribution in [0.4, 0.5) is 11.4 Å². The highest BCUT2D eigenvalue weighted by molar-refractivity contribution is 5.99. The van der Waals surface area contributed by atoms with Gasteiger partial charge in [0.1, 0.15) is 5.58 Å². The van der Waals surface area contributed by atoms with Gasteiger partial charge in [0.2, 0.25) is 11.7 Å². The van der Waals surface area contributed by atoms with Crippen LogP contribution in [0.25, 0.3) is 11.0 Å². The average Bonchev–Trinajstić information content (AvgIpc) is 3.08. The van der Waals surface area contributed by atoms with Gasteiger partial charge in [0, 0.05) is 36.4 Å². The van der Waals surface area contributed by atoms with Crippen molar-refractivity contribution in [3.05, 3.63) is 59.9 Å². The molecule has 0 aliphatic rings. The zero-order chi connectivity index (χ0) is 21.7. The second-order valence-electron chi connectivity index (χ2n) is 6.63. The van der Waals surface area contributed by atoms with Gasteiger partial charge in [-0.05, 0) is 37.3 Å². The molecule has 2 amide bonds. The number of hydrogen-bond donors (Lipinski definition) is 2. The van der Waals surface area contributed by atoms with E-state index in [4.69, 9.17) is 13.9 Å². The summed E-state index contributed by atoms with van der Waals surface area (Å²) in [6.45, 7) is 3.05. The number of anilines is 2. The Morgan fingerprint density at radius 1 is 1.00 bits per heavy atom. The van der Waals surface area contributed by atoms with E-state index in [0.717, 1.165) is 5.39 Å². The van der Waals surface area contributed by atoms with Crippen molar-refractivity contribution in [1.82, 2.24) is 0 Å². The first-order valence-electron chi connectivity index (χ1n) is 9.28. The van der Waals surface area contributed by atoms with E-state index in [1.54, 1.807) is 36.4 Å². The molecule has 1 heterocycles. The Morgan fingerprint density at radius 2 is 1.63 bits per heavy atom. The fraction of sp³-hybridized carbons (Fsp3) is 0.227. The Balaban J connectivity index is 1.68. The van der Waals surface area contributed by atoms with Crippen LogP contribution in [0.5, 0.6) is 0 Å². The molecule has 0 saturated heterocycles. The van der Waals surface area contributed by atoms with Crippen molar-refractivity contribution in [2.24, 2.45) is 0 Å². The monoisotopic (exact) mass is 410 g/mol. The number of furan rings is 1. The number of carbonyl (C=O) groups is 3. The third kappa shape index (κ3) is 4.84. The molecule has 3 aromatic rings. The number of fused-ring (bicyclic) bond motifs is 1. The molecular formula is C22H22N2O6. The Bertz CT molecular complexity index is 1070. The van der Waals surface area contributed by atoms with Crippen LogP contribution >= 0.6 is 0 Å². The summed E-state index contributed by atoms with van der Waals surface area (Å²) in [6, 6.07) is 13.8. The van der Waals surface area contributed by atoms with E-state index in [1.165, 1.54) is 21.0 Å². The third-order valence-electron chi connectivity index (χ3n) is 4.30. The fourth-order valence-corrected chi connectivity index (χ4v) is 2.90. The Morgan fingerprint density at radius 3 is 2.27 bits per heavy atom. The van der Waals surface area contributed by atoms with Crippen LogP contribution in [-0.4, -0.2) is 31.0 Å². The summed E-state index contributed by atoms with van der Waals surface area (Å²) >= 11 is 0. The minimum Gasteiger partial charge on any atom is -0.449 e. The molecule has 1 aromatic heterocycles. The minimum absolute atomic E-state index is 0.0114. The van der Waals surface area contributed by atoms with Gasteiger partial charge in [-0.1, -0.05) is 18.2 Å². The zero-order valence-electron chi connectivity index (χ0n) is 16.9. The van der Waals surface area contributed by atoms with E-state index in [0.29, 0.717) is 22.5 Å². The van der Waals surface area contributed by atoms with Gasteiger partial charge in [0.05, 0.1) is 6.61 Å². The van der Waals surface area contributed by atoms with Gasteiger partial charge in [-0.25, -0.2) is 4.79 Å². The largest absolute Gasteiger partial charge is 0.449 e. The summed E-state index contributed by atoms with van der Waals surface area (Å²) in [5, 5.41) is 6.05. The van der Waals surface area contributed by atoms with E-state index in [-0.39, 0.29) is 18.3 Å². The molecule has 2 aromatic carbocycles. The van der Waals surface area contributed by atoms with Crippen LogP contribution in [0.1, 0.15) is 30.0 Å². The van der Waals surface area contributed by atoms with Crippen LogP contribution in [0.2, 0.25) is 0 Å². The maximum Gasteiger partial charge on any atom is 0.375 e. The number of hydrogen-bond acceptors (Lipinski definition) is 6. The van der Waals surface area contributed by atoms with Crippen molar-refractivity contribution in [2.45, 2.75) is 26.6 Å². The maximum atomic E-state index is 12.6. The SMILES string of the molecule is COCc1c(C(=O)O[C@@H](C)C(=O)Nc2ccc(NC(C)=O)cc2)oc2ccccc12. The lowest BCUT2D eigenvalue weighted by Gasteiger charge is -2.13. The lowest BCUT2D eigenvalue weighted by atomic mass is 10.1. The van der Waals surface area contributed by atoms with Crippen molar-refractivity contribution in [1.29, 1.82) is 0 Å². The van der Waals surface area contributed by atoms with Gasteiger partial charge >= 0.3 is 5.97 Å². The lowest BCUT2D eigenvalue weighted by molar-refractivity contribution is -0.123. The normalized spacial score (nSPS) is 11.7. The zero-order valence-corrected chi connectivity index (χ0v) is 16.9. The van der Waals surface area contributed by atoms with Crippen molar-refractivity contribution in [3.63, 3.8) is 0 Å². The molecule has 0 aliphatic carbocycles. The van der Waals surface area contributed by atoms with E-state index in [1.807, 2.05) is 12.1 Å². The summed E-state index contributed by atoms with van der Waals surface area (Å²) in [7, 11) is 1.52. The molecule has 8 heteroatoms. The Kier molecular flexibility index (Phi) is 6.48. The van der Waals surface area contributed by atoms with Gasteiger partial charge in [0.25, 0.3) is 5.91 Å². The van der Waals surface area contributed by atoms with Crippen molar-refractivity contribution < 1.29 is 28.3 Å². The highest BCUT2D eigenvalue weighted by atomic mass is 16.6. The van der Waals surface area contributed by atoms with E-state index >= 15 is 0 Å². The van der Waals surface area contributed by atoms with Gasteiger partial charge in [0.15, 0.2) is 6.10 Å². The molecule has 0 spiro atoms. The summed E-state index contributed by atoms with van der Waals surface area (Å²) in [4.78, 5) is 36.1. The number of ether oxygens (including phenoxy) is 2. The summed E-state index contributed by atoms with van der Waals surface area (Å²) in [6.07, 6.45) is -1.06. The predicted octanol–water partition coefficient (Wildman–Crippen LogP) is 3.72. The molecule has 0 radical (unpaired) electrons. The topological polar surface area (TPSA) is 107 Å². The first-order chi connectivity index (χ1) is 14.4.